The Morgan fingerprint density at radius 3 is 2.45 bits per heavy atom. The lowest BCUT2D eigenvalue weighted by molar-refractivity contribution is -0.135. The third kappa shape index (κ3) is 3.97. The zero-order chi connectivity index (χ0) is 22.8. The first kappa shape index (κ1) is 22.9. The molecule has 0 aromatic rings. The average molecular weight is 429 g/mol. The van der Waals surface area contributed by atoms with Gasteiger partial charge in [0.25, 0.3) is 0 Å². The van der Waals surface area contributed by atoms with Crippen molar-refractivity contribution in [2.45, 2.75) is 105 Å². The molecule has 7 atom stereocenters. The lowest BCUT2D eigenvalue weighted by Gasteiger charge is -2.58. The largest absolute Gasteiger partial charge is 0.351 e. The van der Waals surface area contributed by atoms with Crippen LogP contribution < -0.4 is 10.6 Å². The smallest absolute Gasteiger partial charge is 0.243 e. The lowest BCUT2D eigenvalue weighted by atomic mass is 9.48. The Bertz CT molecular complexity index is 779. The molecule has 0 aromatic carbocycles. The van der Waals surface area contributed by atoms with Gasteiger partial charge in [-0.2, -0.15) is 0 Å². The lowest BCUT2D eigenvalue weighted by Crippen LogP contribution is -2.60. The second-order valence-electron chi connectivity index (χ2n) is 13.5. The second-order valence-corrected chi connectivity index (χ2v) is 13.5. The molecule has 0 saturated heterocycles. The first-order chi connectivity index (χ1) is 14.3. The Morgan fingerprint density at radius 2 is 1.77 bits per heavy atom. The van der Waals surface area contributed by atoms with Gasteiger partial charge in [0, 0.05) is 22.9 Å². The number of hydrogen-bond donors (Lipinski definition) is 2. The molecule has 174 valence electrons. The molecule has 4 aliphatic rings. The van der Waals surface area contributed by atoms with Gasteiger partial charge in [-0.25, -0.2) is 0 Å². The number of hydrogen-bond acceptors (Lipinski definition) is 2. The van der Waals surface area contributed by atoms with Crippen molar-refractivity contribution in [3.8, 4) is 0 Å². The van der Waals surface area contributed by atoms with Gasteiger partial charge in [0.2, 0.25) is 11.8 Å². The van der Waals surface area contributed by atoms with E-state index < -0.39 is 0 Å². The fourth-order valence-electron chi connectivity index (χ4n) is 8.55. The van der Waals surface area contributed by atoms with Crippen LogP contribution in [0.5, 0.6) is 0 Å². The molecular weight excluding hydrogens is 384 g/mol. The van der Waals surface area contributed by atoms with Crippen molar-refractivity contribution < 1.29 is 9.59 Å². The second kappa shape index (κ2) is 7.35. The van der Waals surface area contributed by atoms with Crippen LogP contribution in [0, 0.1) is 39.9 Å². The van der Waals surface area contributed by atoms with Crippen LogP contribution in [-0.4, -0.2) is 23.4 Å². The summed E-state index contributed by atoms with van der Waals surface area (Å²) in [6.45, 7) is 15.9. The number of carbonyl (C=O) groups excluding carboxylic acids is 2. The summed E-state index contributed by atoms with van der Waals surface area (Å²) in [4.78, 5) is 25.5. The van der Waals surface area contributed by atoms with Crippen molar-refractivity contribution in [2.24, 2.45) is 39.9 Å². The van der Waals surface area contributed by atoms with Gasteiger partial charge in [0.1, 0.15) is 0 Å². The maximum atomic E-state index is 13.5. The summed E-state index contributed by atoms with van der Waals surface area (Å²) < 4.78 is 0. The monoisotopic (exact) mass is 428 g/mol. The van der Waals surface area contributed by atoms with Crippen LogP contribution >= 0.6 is 0 Å². The van der Waals surface area contributed by atoms with Crippen LogP contribution in [0.1, 0.15) is 93.4 Å². The zero-order valence-electron chi connectivity index (χ0n) is 20.8. The minimum absolute atomic E-state index is 0.0627. The van der Waals surface area contributed by atoms with Crippen molar-refractivity contribution in [2.75, 3.05) is 0 Å². The van der Waals surface area contributed by atoms with Gasteiger partial charge in [-0.05, 0) is 93.5 Å². The van der Waals surface area contributed by atoms with Crippen LogP contribution in [0.25, 0.3) is 0 Å². The van der Waals surface area contributed by atoms with Crippen molar-refractivity contribution in [1.29, 1.82) is 0 Å². The maximum Gasteiger partial charge on any atom is 0.243 e. The normalized spacial score (nSPS) is 42.3. The third-order valence-corrected chi connectivity index (χ3v) is 9.44. The highest BCUT2D eigenvalue weighted by atomic mass is 16.2. The Kier molecular flexibility index (Phi) is 5.42. The first-order valence-corrected chi connectivity index (χ1v) is 12.6. The molecule has 0 bridgehead atoms. The SMILES string of the molecule is CC(C)(C)CC(C)(C)NC(=O)[C@H]1CC[C@H]2[C@@H]3CC[C@H]4NC(=O)C=C[C@]4(C)[C@H]3CC[C@]12C. The van der Waals surface area contributed by atoms with Crippen LogP contribution in [0.2, 0.25) is 0 Å². The summed E-state index contributed by atoms with van der Waals surface area (Å²) in [5, 5.41) is 6.69. The van der Waals surface area contributed by atoms with Gasteiger partial charge in [-0.3, -0.25) is 9.59 Å². The van der Waals surface area contributed by atoms with Gasteiger partial charge in [0.15, 0.2) is 0 Å². The highest BCUT2D eigenvalue weighted by Gasteiger charge is 2.61. The minimum Gasteiger partial charge on any atom is -0.351 e. The van der Waals surface area contributed by atoms with Crippen molar-refractivity contribution in [3.63, 3.8) is 0 Å². The maximum absolute atomic E-state index is 13.5. The molecule has 0 spiro atoms. The van der Waals surface area contributed by atoms with E-state index in [2.05, 4.69) is 65.2 Å². The van der Waals surface area contributed by atoms with E-state index in [0.717, 1.165) is 25.7 Å². The molecule has 4 nitrogen and oxygen atoms in total. The quantitative estimate of drug-likeness (QED) is 0.646. The molecule has 0 aromatic heterocycles. The van der Waals surface area contributed by atoms with Crippen LogP contribution in [0.3, 0.4) is 0 Å². The molecular formula is C27H44N2O2. The molecule has 3 aliphatic carbocycles. The summed E-state index contributed by atoms with van der Waals surface area (Å²) in [6, 6.07) is 0.273. The zero-order valence-corrected chi connectivity index (χ0v) is 20.8. The summed E-state index contributed by atoms with van der Waals surface area (Å²) in [7, 11) is 0. The predicted molar refractivity (Wildman–Crippen MR) is 125 cm³/mol. The summed E-state index contributed by atoms with van der Waals surface area (Å²) >= 11 is 0. The predicted octanol–water partition coefficient (Wildman–Crippen LogP) is 5.23. The van der Waals surface area contributed by atoms with E-state index in [1.807, 2.05) is 0 Å². The van der Waals surface area contributed by atoms with Gasteiger partial charge in [0.05, 0.1) is 0 Å². The topological polar surface area (TPSA) is 58.2 Å². The molecule has 1 heterocycles. The molecule has 0 radical (unpaired) electrons. The highest BCUT2D eigenvalue weighted by Crippen LogP contribution is 2.65. The molecule has 2 N–H and O–H groups in total. The van der Waals surface area contributed by atoms with Gasteiger partial charge in [-0.15, -0.1) is 0 Å². The van der Waals surface area contributed by atoms with Crippen LogP contribution in [0.15, 0.2) is 12.2 Å². The fourth-order valence-corrected chi connectivity index (χ4v) is 8.55. The molecule has 0 unspecified atom stereocenters. The van der Waals surface area contributed by atoms with E-state index in [1.165, 1.54) is 19.3 Å². The third-order valence-electron chi connectivity index (χ3n) is 9.44. The molecule has 4 rings (SSSR count). The molecule has 1 aliphatic heterocycles. The molecule has 2 amide bonds. The number of amides is 2. The minimum atomic E-state index is -0.183. The number of fused-ring (bicyclic) bond motifs is 5. The van der Waals surface area contributed by atoms with Gasteiger partial charge >= 0.3 is 0 Å². The van der Waals surface area contributed by atoms with Crippen LogP contribution in [-0.2, 0) is 9.59 Å². The van der Waals surface area contributed by atoms with Gasteiger partial charge in [-0.1, -0.05) is 40.7 Å². The number of rotatable bonds is 3. The van der Waals surface area contributed by atoms with Gasteiger partial charge < -0.3 is 10.6 Å². The van der Waals surface area contributed by atoms with Crippen LogP contribution in [0.4, 0.5) is 0 Å². The Balaban J connectivity index is 1.51. The van der Waals surface area contributed by atoms with E-state index in [0.29, 0.717) is 17.8 Å². The highest BCUT2D eigenvalue weighted by molar-refractivity contribution is 5.89. The van der Waals surface area contributed by atoms with E-state index >= 15 is 0 Å². The summed E-state index contributed by atoms with van der Waals surface area (Å²) in [6.07, 6.45) is 11.7. The molecule has 3 saturated carbocycles. The van der Waals surface area contributed by atoms with E-state index in [4.69, 9.17) is 0 Å². The summed E-state index contributed by atoms with van der Waals surface area (Å²) in [5.74, 6) is 2.38. The van der Waals surface area contributed by atoms with E-state index in [1.54, 1.807) is 6.08 Å². The summed E-state index contributed by atoms with van der Waals surface area (Å²) in [5.41, 5.74) is 0.173. The molecule has 31 heavy (non-hydrogen) atoms. The average Bonchev–Trinajstić information content (AvgIpc) is 2.97. The first-order valence-electron chi connectivity index (χ1n) is 12.6. The van der Waals surface area contributed by atoms with E-state index in [9.17, 15) is 9.59 Å². The van der Waals surface area contributed by atoms with E-state index in [-0.39, 0.29) is 45.6 Å². The molecule has 4 heteroatoms. The molecule has 3 fully saturated rings. The Morgan fingerprint density at radius 1 is 1.06 bits per heavy atom. The Labute approximate surface area is 189 Å². The van der Waals surface area contributed by atoms with Crippen molar-refractivity contribution in [3.05, 3.63) is 12.2 Å². The standard InChI is InChI=1S/C27H44N2O2/c1-24(2,3)16-25(4,5)29-23(31)20-10-9-18-17-8-11-21-27(7,15-13-22(30)28-21)19(17)12-14-26(18,20)6/h13,15,17-21H,8-12,14,16H2,1-7H3,(H,28,30)(H,29,31)/t17-,18-,19-,20+,21+,26-,27+/m0/s1. The fraction of sp³-hybridized carbons (Fsp3) is 0.852. The van der Waals surface area contributed by atoms with Crippen molar-refractivity contribution in [1.82, 2.24) is 10.6 Å². The number of carbonyl (C=O) groups is 2. The Hall–Kier alpha value is -1.32. The number of nitrogens with one attached hydrogen (secondary N) is 2. The van der Waals surface area contributed by atoms with Crippen molar-refractivity contribution >= 4 is 11.8 Å².